The predicted molar refractivity (Wildman–Crippen MR) is 76.5 cm³/mol. The van der Waals surface area contributed by atoms with E-state index in [-0.39, 0.29) is 0 Å². The first-order valence-corrected chi connectivity index (χ1v) is 7.02. The van der Waals surface area contributed by atoms with Crippen LogP contribution >= 0.6 is 0 Å². The van der Waals surface area contributed by atoms with Gasteiger partial charge in [-0.1, -0.05) is 0 Å². The summed E-state index contributed by atoms with van der Waals surface area (Å²) < 4.78 is 16.0. The predicted octanol–water partition coefficient (Wildman–Crippen LogP) is 1.75. The molecule has 112 valence electrons. The molecule has 0 spiro atoms. The maximum absolute atomic E-state index is 5.72. The summed E-state index contributed by atoms with van der Waals surface area (Å²) >= 11 is 0. The number of hydrogen-bond donors (Lipinski definition) is 1. The number of anilines is 1. The van der Waals surface area contributed by atoms with Gasteiger partial charge in [-0.3, -0.25) is 0 Å². The lowest BCUT2D eigenvalue weighted by molar-refractivity contribution is 0.0535. The SMILES string of the molecule is CNc1nc(C2CC2)nc(OCCOCCOC)c1C. The van der Waals surface area contributed by atoms with Crippen molar-refractivity contribution >= 4 is 5.82 Å². The molecule has 2 rings (SSSR count). The van der Waals surface area contributed by atoms with E-state index in [0.29, 0.717) is 38.2 Å². The molecule has 6 heteroatoms. The van der Waals surface area contributed by atoms with Crippen molar-refractivity contribution in [1.82, 2.24) is 9.97 Å². The Morgan fingerprint density at radius 2 is 1.90 bits per heavy atom. The van der Waals surface area contributed by atoms with Crippen LogP contribution in [0, 0.1) is 6.92 Å². The summed E-state index contributed by atoms with van der Waals surface area (Å²) in [6.07, 6.45) is 2.34. The lowest BCUT2D eigenvalue weighted by Gasteiger charge is -2.13. The highest BCUT2D eigenvalue weighted by atomic mass is 16.5. The van der Waals surface area contributed by atoms with Crippen LogP contribution in [-0.4, -0.2) is 50.6 Å². The second-order valence-electron chi connectivity index (χ2n) is 4.84. The highest BCUT2D eigenvalue weighted by molar-refractivity contribution is 5.48. The van der Waals surface area contributed by atoms with Gasteiger partial charge in [0.2, 0.25) is 5.88 Å². The van der Waals surface area contributed by atoms with Crippen molar-refractivity contribution in [2.24, 2.45) is 0 Å². The Balaban J connectivity index is 1.90. The van der Waals surface area contributed by atoms with E-state index in [0.717, 1.165) is 17.2 Å². The van der Waals surface area contributed by atoms with Crippen molar-refractivity contribution in [3.05, 3.63) is 11.4 Å². The minimum Gasteiger partial charge on any atom is -0.475 e. The molecule has 0 aromatic carbocycles. The first-order chi connectivity index (χ1) is 9.76. The smallest absolute Gasteiger partial charge is 0.221 e. The number of nitrogens with one attached hydrogen (secondary N) is 1. The fourth-order valence-electron chi connectivity index (χ4n) is 1.86. The van der Waals surface area contributed by atoms with E-state index in [1.54, 1.807) is 7.11 Å². The Labute approximate surface area is 119 Å². The van der Waals surface area contributed by atoms with Crippen LogP contribution in [0.4, 0.5) is 5.82 Å². The third kappa shape index (κ3) is 4.05. The molecule has 0 radical (unpaired) electrons. The van der Waals surface area contributed by atoms with Gasteiger partial charge in [0.15, 0.2) is 0 Å². The summed E-state index contributed by atoms with van der Waals surface area (Å²) in [5.74, 6) is 2.89. The maximum Gasteiger partial charge on any atom is 0.221 e. The van der Waals surface area contributed by atoms with E-state index in [1.807, 2.05) is 14.0 Å². The van der Waals surface area contributed by atoms with Gasteiger partial charge in [-0.15, -0.1) is 0 Å². The van der Waals surface area contributed by atoms with Crippen LogP contribution in [0.5, 0.6) is 5.88 Å². The van der Waals surface area contributed by atoms with Crippen molar-refractivity contribution in [3.8, 4) is 5.88 Å². The molecule has 0 atom stereocenters. The van der Waals surface area contributed by atoms with Gasteiger partial charge >= 0.3 is 0 Å². The molecule has 0 amide bonds. The summed E-state index contributed by atoms with van der Waals surface area (Å²) in [4.78, 5) is 9.06. The number of rotatable bonds is 9. The molecular weight excluding hydrogens is 258 g/mol. The molecule has 1 N–H and O–H groups in total. The number of methoxy groups -OCH3 is 1. The second kappa shape index (κ2) is 7.40. The third-order valence-corrected chi connectivity index (χ3v) is 3.20. The first-order valence-electron chi connectivity index (χ1n) is 7.02. The van der Waals surface area contributed by atoms with Crippen LogP contribution < -0.4 is 10.1 Å². The Hall–Kier alpha value is -1.40. The van der Waals surface area contributed by atoms with Gasteiger partial charge in [0.25, 0.3) is 0 Å². The third-order valence-electron chi connectivity index (χ3n) is 3.20. The van der Waals surface area contributed by atoms with E-state index in [2.05, 4.69) is 15.3 Å². The number of aromatic nitrogens is 2. The van der Waals surface area contributed by atoms with Crippen molar-refractivity contribution < 1.29 is 14.2 Å². The Kier molecular flexibility index (Phi) is 5.55. The monoisotopic (exact) mass is 281 g/mol. The molecule has 1 aliphatic carbocycles. The van der Waals surface area contributed by atoms with Gasteiger partial charge in [0.1, 0.15) is 18.2 Å². The summed E-state index contributed by atoms with van der Waals surface area (Å²) in [5.41, 5.74) is 0.939. The Bertz CT molecular complexity index is 436. The molecule has 1 heterocycles. The minimum absolute atomic E-state index is 0.481. The molecule has 0 bridgehead atoms. The first kappa shape index (κ1) is 15.0. The zero-order valence-electron chi connectivity index (χ0n) is 12.4. The topological polar surface area (TPSA) is 65.5 Å². The number of nitrogens with zero attached hydrogens (tertiary/aromatic N) is 2. The van der Waals surface area contributed by atoms with E-state index in [1.165, 1.54) is 12.8 Å². The van der Waals surface area contributed by atoms with Crippen molar-refractivity contribution in [2.75, 3.05) is 45.9 Å². The molecular formula is C14H23N3O3. The Morgan fingerprint density at radius 1 is 1.15 bits per heavy atom. The number of hydrogen-bond acceptors (Lipinski definition) is 6. The standard InChI is InChI=1S/C14H23N3O3/c1-10-12(15-2)16-13(11-4-5-11)17-14(10)20-9-8-19-7-6-18-3/h11H,4-9H2,1-3H3,(H,15,16,17). The van der Waals surface area contributed by atoms with Gasteiger partial charge in [0.05, 0.1) is 25.4 Å². The molecule has 1 aliphatic rings. The van der Waals surface area contributed by atoms with Gasteiger partial charge in [0, 0.05) is 20.1 Å². The van der Waals surface area contributed by atoms with Crippen LogP contribution in [0.3, 0.4) is 0 Å². The largest absolute Gasteiger partial charge is 0.475 e. The average Bonchev–Trinajstić information content (AvgIpc) is 3.29. The zero-order valence-corrected chi connectivity index (χ0v) is 12.4. The quantitative estimate of drug-likeness (QED) is 0.696. The van der Waals surface area contributed by atoms with E-state index < -0.39 is 0 Å². The van der Waals surface area contributed by atoms with E-state index in [4.69, 9.17) is 14.2 Å². The van der Waals surface area contributed by atoms with Gasteiger partial charge in [-0.05, 0) is 19.8 Å². The molecule has 1 aromatic heterocycles. The molecule has 20 heavy (non-hydrogen) atoms. The van der Waals surface area contributed by atoms with Gasteiger partial charge in [-0.25, -0.2) is 4.98 Å². The van der Waals surface area contributed by atoms with Crippen LogP contribution in [0.15, 0.2) is 0 Å². The average molecular weight is 281 g/mol. The van der Waals surface area contributed by atoms with Crippen LogP contribution in [-0.2, 0) is 9.47 Å². The maximum atomic E-state index is 5.72. The molecule has 1 saturated carbocycles. The van der Waals surface area contributed by atoms with E-state index in [9.17, 15) is 0 Å². The summed E-state index contributed by atoms with van der Waals surface area (Å²) in [6, 6.07) is 0. The van der Waals surface area contributed by atoms with Crippen LogP contribution in [0.2, 0.25) is 0 Å². The molecule has 0 saturated heterocycles. The summed E-state index contributed by atoms with van der Waals surface area (Å²) in [6.45, 7) is 4.15. The molecule has 1 fully saturated rings. The molecule has 1 aromatic rings. The summed E-state index contributed by atoms with van der Waals surface area (Å²) in [7, 11) is 3.52. The fourth-order valence-corrected chi connectivity index (χ4v) is 1.86. The van der Waals surface area contributed by atoms with Gasteiger partial charge in [-0.2, -0.15) is 4.98 Å². The highest BCUT2D eigenvalue weighted by Gasteiger charge is 2.28. The summed E-state index contributed by atoms with van der Waals surface area (Å²) in [5, 5.41) is 3.10. The number of ether oxygens (including phenoxy) is 3. The molecule has 6 nitrogen and oxygen atoms in total. The van der Waals surface area contributed by atoms with Crippen molar-refractivity contribution in [1.29, 1.82) is 0 Å². The lowest BCUT2D eigenvalue weighted by atomic mass is 10.3. The second-order valence-corrected chi connectivity index (χ2v) is 4.84. The fraction of sp³-hybridized carbons (Fsp3) is 0.714. The molecule has 0 aliphatic heterocycles. The lowest BCUT2D eigenvalue weighted by Crippen LogP contribution is -2.12. The normalized spacial score (nSPS) is 14.3. The van der Waals surface area contributed by atoms with Crippen molar-refractivity contribution in [2.45, 2.75) is 25.7 Å². The van der Waals surface area contributed by atoms with Gasteiger partial charge < -0.3 is 19.5 Å². The van der Waals surface area contributed by atoms with E-state index >= 15 is 0 Å². The highest BCUT2D eigenvalue weighted by Crippen LogP contribution is 2.39. The minimum atomic E-state index is 0.481. The van der Waals surface area contributed by atoms with Crippen LogP contribution in [0.25, 0.3) is 0 Å². The Morgan fingerprint density at radius 3 is 2.55 bits per heavy atom. The van der Waals surface area contributed by atoms with Crippen LogP contribution in [0.1, 0.15) is 30.1 Å². The van der Waals surface area contributed by atoms with Crippen molar-refractivity contribution in [3.63, 3.8) is 0 Å². The zero-order chi connectivity index (χ0) is 14.4. The molecule has 0 unspecified atom stereocenters.